The molecule has 2 heterocycles. The minimum absolute atomic E-state index is 0.0462. The number of hydrogen-bond donors (Lipinski definition) is 2. The zero-order valence-electron chi connectivity index (χ0n) is 12.3. The van der Waals surface area contributed by atoms with Crippen molar-refractivity contribution < 1.29 is 4.79 Å². The number of aromatic nitrogens is 2. The van der Waals surface area contributed by atoms with Crippen LogP contribution in [0.2, 0.25) is 0 Å². The molecule has 0 radical (unpaired) electrons. The standard InChI is InChI=1S/C14H24N4O/c1-9(2)8-18(10(3)4)14(19)13-11-7-15-6-5-12(11)16-17-13/h9-10,15H,5-8H2,1-4H3,(H,16,17). The van der Waals surface area contributed by atoms with Crippen molar-refractivity contribution in [2.24, 2.45) is 5.92 Å². The van der Waals surface area contributed by atoms with Crippen molar-refractivity contribution in [3.8, 4) is 0 Å². The van der Waals surface area contributed by atoms with E-state index in [0.717, 1.165) is 37.3 Å². The molecule has 0 aliphatic carbocycles. The van der Waals surface area contributed by atoms with Gasteiger partial charge < -0.3 is 10.2 Å². The summed E-state index contributed by atoms with van der Waals surface area (Å²) in [7, 11) is 0. The first-order chi connectivity index (χ1) is 9.00. The van der Waals surface area contributed by atoms with E-state index < -0.39 is 0 Å². The highest BCUT2D eigenvalue weighted by Crippen LogP contribution is 2.18. The van der Waals surface area contributed by atoms with Gasteiger partial charge in [0.05, 0.1) is 0 Å². The van der Waals surface area contributed by atoms with Gasteiger partial charge >= 0.3 is 0 Å². The van der Waals surface area contributed by atoms with E-state index in [1.54, 1.807) is 0 Å². The van der Waals surface area contributed by atoms with Gasteiger partial charge in [-0.25, -0.2) is 0 Å². The van der Waals surface area contributed by atoms with Gasteiger partial charge in [-0.1, -0.05) is 13.8 Å². The average molecular weight is 264 g/mol. The van der Waals surface area contributed by atoms with Gasteiger partial charge in [0.2, 0.25) is 0 Å². The van der Waals surface area contributed by atoms with Crippen LogP contribution in [-0.4, -0.2) is 40.1 Å². The number of fused-ring (bicyclic) bond motifs is 1. The third-order valence-corrected chi connectivity index (χ3v) is 3.45. The van der Waals surface area contributed by atoms with Crippen LogP contribution >= 0.6 is 0 Å². The molecule has 2 N–H and O–H groups in total. The lowest BCUT2D eigenvalue weighted by Crippen LogP contribution is -2.40. The Morgan fingerprint density at radius 2 is 2.11 bits per heavy atom. The molecule has 0 unspecified atom stereocenters. The van der Waals surface area contributed by atoms with Crippen LogP contribution in [0.4, 0.5) is 0 Å². The fourth-order valence-corrected chi connectivity index (χ4v) is 2.46. The van der Waals surface area contributed by atoms with Crippen molar-refractivity contribution in [3.05, 3.63) is 17.0 Å². The zero-order valence-corrected chi connectivity index (χ0v) is 12.3. The molecule has 0 atom stereocenters. The molecule has 1 aromatic heterocycles. The summed E-state index contributed by atoms with van der Waals surface area (Å²) >= 11 is 0. The van der Waals surface area contributed by atoms with Crippen LogP contribution in [-0.2, 0) is 13.0 Å². The Kier molecular flexibility index (Phi) is 4.24. The predicted molar refractivity (Wildman–Crippen MR) is 75.0 cm³/mol. The van der Waals surface area contributed by atoms with Crippen molar-refractivity contribution >= 4 is 5.91 Å². The topological polar surface area (TPSA) is 61.0 Å². The Hall–Kier alpha value is -1.36. The minimum atomic E-state index is 0.0462. The number of nitrogens with zero attached hydrogens (tertiary/aromatic N) is 2. The van der Waals surface area contributed by atoms with Crippen molar-refractivity contribution in [2.75, 3.05) is 13.1 Å². The molecule has 2 rings (SSSR count). The number of H-pyrrole nitrogens is 1. The molecule has 0 aromatic carbocycles. The lowest BCUT2D eigenvalue weighted by atomic mass is 10.1. The number of rotatable bonds is 4. The third kappa shape index (κ3) is 2.97. The van der Waals surface area contributed by atoms with Crippen molar-refractivity contribution in [2.45, 2.75) is 46.7 Å². The molecule has 1 aliphatic heterocycles. The summed E-state index contributed by atoms with van der Waals surface area (Å²) in [4.78, 5) is 14.6. The second-order valence-corrected chi connectivity index (χ2v) is 5.90. The highest BCUT2D eigenvalue weighted by Gasteiger charge is 2.27. The van der Waals surface area contributed by atoms with Crippen molar-refractivity contribution in [1.29, 1.82) is 0 Å². The predicted octanol–water partition coefficient (Wildman–Crippen LogP) is 1.56. The zero-order chi connectivity index (χ0) is 14.0. The van der Waals surface area contributed by atoms with Gasteiger partial charge in [-0.2, -0.15) is 5.10 Å². The summed E-state index contributed by atoms with van der Waals surface area (Å²) in [6.45, 7) is 10.8. The monoisotopic (exact) mass is 264 g/mol. The van der Waals surface area contributed by atoms with Crippen LogP contribution in [0.3, 0.4) is 0 Å². The number of aromatic amines is 1. The van der Waals surface area contributed by atoms with Gasteiger partial charge in [0.1, 0.15) is 0 Å². The Bertz CT molecular complexity index is 450. The molecule has 0 bridgehead atoms. The second-order valence-electron chi connectivity index (χ2n) is 5.90. The fourth-order valence-electron chi connectivity index (χ4n) is 2.46. The Morgan fingerprint density at radius 3 is 2.74 bits per heavy atom. The smallest absolute Gasteiger partial charge is 0.274 e. The molecule has 0 saturated carbocycles. The molecule has 5 heteroatoms. The minimum Gasteiger partial charge on any atom is -0.335 e. The van der Waals surface area contributed by atoms with Crippen LogP contribution in [0.1, 0.15) is 49.4 Å². The summed E-state index contributed by atoms with van der Waals surface area (Å²) in [6, 6.07) is 0.193. The fraction of sp³-hybridized carbons (Fsp3) is 0.714. The number of hydrogen-bond acceptors (Lipinski definition) is 3. The maximum absolute atomic E-state index is 12.7. The number of carbonyl (C=O) groups excluding carboxylic acids is 1. The van der Waals surface area contributed by atoms with Gasteiger partial charge in [-0.3, -0.25) is 9.89 Å². The van der Waals surface area contributed by atoms with Gasteiger partial charge in [-0.15, -0.1) is 0 Å². The molecule has 0 spiro atoms. The van der Waals surface area contributed by atoms with E-state index in [1.165, 1.54) is 0 Å². The largest absolute Gasteiger partial charge is 0.335 e. The molecule has 0 saturated heterocycles. The lowest BCUT2D eigenvalue weighted by Gasteiger charge is -2.28. The van der Waals surface area contributed by atoms with E-state index in [1.807, 2.05) is 4.90 Å². The van der Waals surface area contributed by atoms with Crippen LogP contribution in [0.5, 0.6) is 0 Å². The number of carbonyl (C=O) groups is 1. The van der Waals surface area contributed by atoms with Gasteiger partial charge in [-0.05, 0) is 19.8 Å². The normalized spacial score (nSPS) is 14.8. The lowest BCUT2D eigenvalue weighted by molar-refractivity contribution is 0.0674. The van der Waals surface area contributed by atoms with Gasteiger partial charge in [0, 0.05) is 43.4 Å². The van der Waals surface area contributed by atoms with E-state index in [9.17, 15) is 4.79 Å². The Labute approximate surface area is 114 Å². The summed E-state index contributed by atoms with van der Waals surface area (Å²) < 4.78 is 0. The maximum atomic E-state index is 12.7. The van der Waals surface area contributed by atoms with Gasteiger partial charge in [0.25, 0.3) is 5.91 Å². The second kappa shape index (κ2) is 5.74. The first-order valence-electron chi connectivity index (χ1n) is 7.08. The highest BCUT2D eigenvalue weighted by atomic mass is 16.2. The van der Waals surface area contributed by atoms with Crippen LogP contribution in [0, 0.1) is 5.92 Å². The number of amides is 1. The molecular weight excluding hydrogens is 240 g/mol. The molecule has 19 heavy (non-hydrogen) atoms. The van der Waals surface area contributed by atoms with Crippen LogP contribution in [0.25, 0.3) is 0 Å². The summed E-state index contributed by atoms with van der Waals surface area (Å²) in [6.07, 6.45) is 0.918. The molecule has 1 amide bonds. The van der Waals surface area contributed by atoms with E-state index in [2.05, 4.69) is 43.2 Å². The van der Waals surface area contributed by atoms with E-state index >= 15 is 0 Å². The van der Waals surface area contributed by atoms with E-state index in [4.69, 9.17) is 0 Å². The Balaban J connectivity index is 2.24. The molecule has 5 nitrogen and oxygen atoms in total. The highest BCUT2D eigenvalue weighted by molar-refractivity contribution is 5.94. The average Bonchev–Trinajstić information content (AvgIpc) is 2.78. The number of nitrogens with one attached hydrogen (secondary N) is 2. The summed E-state index contributed by atoms with van der Waals surface area (Å²) in [5.74, 6) is 0.504. The quantitative estimate of drug-likeness (QED) is 0.867. The molecule has 1 aliphatic rings. The first-order valence-corrected chi connectivity index (χ1v) is 7.08. The van der Waals surface area contributed by atoms with Gasteiger partial charge in [0.15, 0.2) is 5.69 Å². The summed E-state index contributed by atoms with van der Waals surface area (Å²) in [5, 5.41) is 10.6. The first kappa shape index (κ1) is 14.1. The van der Waals surface area contributed by atoms with Crippen molar-refractivity contribution in [1.82, 2.24) is 20.4 Å². The maximum Gasteiger partial charge on any atom is 0.274 e. The van der Waals surface area contributed by atoms with E-state index in [0.29, 0.717) is 11.6 Å². The Morgan fingerprint density at radius 1 is 1.37 bits per heavy atom. The van der Waals surface area contributed by atoms with Crippen LogP contribution in [0.15, 0.2) is 0 Å². The van der Waals surface area contributed by atoms with E-state index in [-0.39, 0.29) is 11.9 Å². The molecule has 1 aromatic rings. The third-order valence-electron chi connectivity index (χ3n) is 3.45. The molecular formula is C14H24N4O. The van der Waals surface area contributed by atoms with Crippen LogP contribution < -0.4 is 5.32 Å². The molecule has 0 fully saturated rings. The summed E-state index contributed by atoms with van der Waals surface area (Å²) in [5.41, 5.74) is 2.75. The molecule has 106 valence electrons. The SMILES string of the molecule is CC(C)CN(C(=O)c1n[nH]c2c1CNCC2)C(C)C. The van der Waals surface area contributed by atoms with Crippen molar-refractivity contribution in [3.63, 3.8) is 0 Å².